The smallest absolute Gasteiger partial charge is 0.305 e. The zero-order valence-corrected chi connectivity index (χ0v) is 73.3. The van der Waals surface area contributed by atoms with E-state index in [-0.39, 0.29) is 95.7 Å². The number of unbranched alkanes of at least 4 members (excludes halogenated alkanes) is 2. The van der Waals surface area contributed by atoms with Crippen molar-refractivity contribution in [2.75, 3.05) is 20.1 Å². The summed E-state index contributed by atoms with van der Waals surface area (Å²) in [5, 5.41) is 87.4. The minimum atomic E-state index is -1.98. The first-order chi connectivity index (χ1) is 59.4. The molecule has 126 heavy (non-hydrogen) atoms. The molecule has 0 spiro atoms. The molecule has 43 heteroatoms. The molecule has 43 nitrogen and oxygen atoms in total. The lowest BCUT2D eigenvalue weighted by Gasteiger charge is -2.29. The lowest BCUT2D eigenvalue weighted by atomic mass is 9.99. The number of likely N-dealkylation sites (N-methyl/N-ethyl adjacent to an activating group) is 1. The Bertz CT molecular complexity index is 3970. The molecule has 15 amide bonds. The summed E-state index contributed by atoms with van der Waals surface area (Å²) in [5.74, 6) is -22.1. The van der Waals surface area contributed by atoms with E-state index < -0.39 is 267 Å². The van der Waals surface area contributed by atoms with Gasteiger partial charge in [0.25, 0.3) is 0 Å². The van der Waals surface area contributed by atoms with E-state index in [9.17, 15) is 112 Å². The van der Waals surface area contributed by atoms with Gasteiger partial charge >= 0.3 is 23.9 Å². The second-order valence-corrected chi connectivity index (χ2v) is 31.8. The first-order valence-electron chi connectivity index (χ1n) is 42.3. The first-order valence-corrected chi connectivity index (χ1v) is 42.3. The van der Waals surface area contributed by atoms with Crippen molar-refractivity contribution in [1.82, 2.24) is 85.1 Å². The van der Waals surface area contributed by atoms with E-state index in [1.165, 1.54) is 20.9 Å². The number of rotatable bonds is 63. The van der Waals surface area contributed by atoms with Gasteiger partial charge < -0.3 is 123 Å². The van der Waals surface area contributed by atoms with Crippen LogP contribution in [-0.4, -0.2) is 244 Å². The predicted molar refractivity (Wildman–Crippen MR) is 459 cm³/mol. The second-order valence-electron chi connectivity index (χ2n) is 31.8. The number of carbonyl (C=O) groups is 19. The third-order valence-corrected chi connectivity index (χ3v) is 19.8. The molecule has 0 aliphatic carbocycles. The standard InChI is InChI=1S/C83H132N20O23/c1-11-13-27-52(94-76(120)55(30-34-63(85)104)95-74(118)53(28-20-21-38-84)93-71(115)51(12-2)92-80(124)60(40-45(3)4)101-79(123)59(43-67(111)112)90-44-50-25-18-15-19-26-50)73(117)97-57(32-36-65(107)108)78(122)98-58(33-37-66(109)110)77(121)96-56(31-35-64(105)106)72(116)91-48(9)69(113)103-68(47(7)8)82(126)99-54(29-22-39-89-83(86)87)75(119)100-61(41-46(5)6)81(125)102-62(70(114)88-10)42-49-23-16-14-17-24-49/h14-19,23-26,45-48,51-62,68,90H,11-13,20-22,27-44,84H2,1-10H3,(H2,85,104)(H,88,114)(H,91,116)(H,92,124)(H,93,115)(H,94,120)(H,95,118)(H,96,121)(H,97,117)(H,98,122)(H,99,126)(H,100,119)(H,101,123)(H,102,125)(H,103,113)(H,105,106)(H,107,108)(H,109,110)(H,111,112)(H4,86,87,89)/t48-,51+,52-,53-,54+,55-,56-,57-,58-,59-,60-,61-,62-,68-/m0/s1. The van der Waals surface area contributed by atoms with Crippen LogP contribution in [0.5, 0.6) is 0 Å². The van der Waals surface area contributed by atoms with Gasteiger partial charge in [0.2, 0.25) is 88.6 Å². The molecule has 2 aromatic carbocycles. The molecular weight excluding hydrogens is 1650 g/mol. The molecule has 0 aliphatic heterocycles. The zero-order chi connectivity index (χ0) is 94.9. The van der Waals surface area contributed by atoms with Gasteiger partial charge in [-0.25, -0.2) is 0 Å². The van der Waals surface area contributed by atoms with Gasteiger partial charge in [-0.05, 0) is 126 Å². The van der Waals surface area contributed by atoms with Gasteiger partial charge in [-0.1, -0.05) is 129 Å². The van der Waals surface area contributed by atoms with Gasteiger partial charge in [0.15, 0.2) is 5.96 Å². The van der Waals surface area contributed by atoms with Crippen LogP contribution in [0.25, 0.3) is 0 Å². The molecule has 0 heterocycles. The van der Waals surface area contributed by atoms with Crippen molar-refractivity contribution >= 4 is 118 Å². The second kappa shape index (κ2) is 58.6. The van der Waals surface area contributed by atoms with E-state index in [1.807, 2.05) is 0 Å². The maximum atomic E-state index is 14.5. The summed E-state index contributed by atoms with van der Waals surface area (Å²) < 4.78 is 0. The fraction of sp³-hybridized carbons (Fsp3) is 0.614. The number of carboxylic acid groups (broad SMARTS) is 4. The summed E-state index contributed by atoms with van der Waals surface area (Å²) in [6, 6.07) is -3.76. The van der Waals surface area contributed by atoms with Crippen molar-refractivity contribution in [2.24, 2.45) is 35.0 Å². The van der Waals surface area contributed by atoms with Crippen LogP contribution >= 0.6 is 0 Å². The molecule has 702 valence electrons. The van der Waals surface area contributed by atoms with E-state index in [0.717, 1.165) is 18.1 Å². The summed E-state index contributed by atoms with van der Waals surface area (Å²) in [5.41, 5.74) is 18.3. The minimum absolute atomic E-state index is 0.0397. The van der Waals surface area contributed by atoms with E-state index in [2.05, 4.69) is 85.1 Å². The summed E-state index contributed by atoms with van der Waals surface area (Å²) in [6.45, 7) is 14.9. The van der Waals surface area contributed by atoms with Crippen molar-refractivity contribution < 1.29 is 112 Å². The fourth-order valence-electron chi connectivity index (χ4n) is 12.8. The number of aliphatic carboxylic acids is 4. The fourth-order valence-corrected chi connectivity index (χ4v) is 12.8. The van der Waals surface area contributed by atoms with E-state index >= 15 is 0 Å². The predicted octanol–water partition coefficient (Wildman–Crippen LogP) is -2.47. The maximum Gasteiger partial charge on any atom is 0.305 e. The summed E-state index contributed by atoms with van der Waals surface area (Å²) in [7, 11) is 1.40. The van der Waals surface area contributed by atoms with E-state index in [1.54, 1.807) is 102 Å². The molecule has 0 fully saturated rings. The number of primary amides is 1. The SMILES string of the molecule is CCCC[C@H](NC(=O)[C@H](CCC(N)=O)NC(=O)[C@H](CCCCN)NC(=O)[C@@H](CC)NC(=O)[C@H](CC(C)C)NC(=O)[C@H](CC(=O)O)NCc1ccccc1)C(=O)N[C@@H](CCC(=O)O)C(=O)N[C@@H](CCC(=O)O)C(=O)N[C@@H](CCC(=O)O)C(=O)N[C@@H](C)C(=O)N[C@H](C(=O)N[C@H](CCCNC(=N)N)C(=O)N[C@@H](CC(C)C)C(=O)N[C@@H](Cc1ccccc1)C(=O)NC)C(C)C. The maximum absolute atomic E-state index is 14.5. The van der Waals surface area contributed by atoms with Gasteiger partial charge in [-0.15, -0.1) is 0 Å². The average Bonchev–Trinajstić information content (AvgIpc) is 0.854. The van der Waals surface area contributed by atoms with Crippen molar-refractivity contribution in [3.05, 3.63) is 71.8 Å². The largest absolute Gasteiger partial charge is 0.481 e. The van der Waals surface area contributed by atoms with E-state index in [0.29, 0.717) is 12.8 Å². The molecular formula is C83H132N20O23. The van der Waals surface area contributed by atoms with E-state index in [4.69, 9.17) is 22.6 Å². The Labute approximate surface area is 732 Å². The number of carboxylic acids is 4. The number of nitrogens with two attached hydrogens (primary N) is 3. The van der Waals surface area contributed by atoms with Crippen LogP contribution < -0.4 is 102 Å². The third kappa shape index (κ3) is 43.7. The highest BCUT2D eigenvalue weighted by molar-refractivity contribution is 6.01. The van der Waals surface area contributed by atoms with Gasteiger partial charge in [0.05, 0.1) is 12.5 Å². The number of guanidine groups is 1. The van der Waals surface area contributed by atoms with Crippen LogP contribution in [0.4, 0.5) is 0 Å². The van der Waals surface area contributed by atoms with Gasteiger partial charge in [-0.2, -0.15) is 0 Å². The van der Waals surface area contributed by atoms with Gasteiger partial charge in [0, 0.05) is 52.2 Å². The number of amides is 15. The van der Waals surface area contributed by atoms with Crippen LogP contribution in [0.3, 0.4) is 0 Å². The van der Waals surface area contributed by atoms with Crippen LogP contribution in [0.1, 0.15) is 202 Å². The monoisotopic (exact) mass is 1780 g/mol. The molecule has 0 aromatic heterocycles. The normalized spacial score (nSPS) is 14.4. The lowest BCUT2D eigenvalue weighted by Crippen LogP contribution is -2.61. The molecule has 2 aromatic rings. The molecule has 2 rings (SSSR count). The zero-order valence-electron chi connectivity index (χ0n) is 73.3. The van der Waals surface area contributed by atoms with Gasteiger partial charge in [-0.3, -0.25) is 96.5 Å². The summed E-state index contributed by atoms with van der Waals surface area (Å²) >= 11 is 0. The highest BCUT2D eigenvalue weighted by Crippen LogP contribution is 2.16. The molecule has 27 N–H and O–H groups in total. The Balaban J connectivity index is 2.50. The first kappa shape index (κ1) is 110. The molecule has 0 bridgehead atoms. The van der Waals surface area contributed by atoms with Crippen molar-refractivity contribution in [1.29, 1.82) is 5.41 Å². The number of carbonyl (C=O) groups excluding carboxylic acids is 15. The number of hydrogen-bond acceptors (Lipinski definition) is 22. The average molecular weight is 1780 g/mol. The minimum Gasteiger partial charge on any atom is -0.481 e. The Morgan fingerprint density at radius 1 is 0.365 bits per heavy atom. The molecule has 0 saturated carbocycles. The number of hydrogen-bond donors (Lipinski definition) is 24. The summed E-state index contributed by atoms with van der Waals surface area (Å²) in [6.07, 6.45) is -5.59. The highest BCUT2D eigenvalue weighted by Gasteiger charge is 2.39. The molecule has 0 aliphatic rings. The molecule has 0 radical (unpaired) electrons. The van der Waals surface area contributed by atoms with Crippen LogP contribution in [0.15, 0.2) is 60.7 Å². The Morgan fingerprint density at radius 2 is 0.714 bits per heavy atom. The number of benzene rings is 2. The van der Waals surface area contributed by atoms with Crippen molar-refractivity contribution in [3.8, 4) is 0 Å². The third-order valence-electron chi connectivity index (χ3n) is 19.8. The number of nitrogens with one attached hydrogen (secondary N) is 17. The Kier molecular flexibility index (Phi) is 51.0. The van der Waals surface area contributed by atoms with Crippen LogP contribution in [0.2, 0.25) is 0 Å². The van der Waals surface area contributed by atoms with Crippen molar-refractivity contribution in [3.63, 3.8) is 0 Å². The quantitative estimate of drug-likeness (QED) is 0.0185. The molecule has 0 saturated heterocycles. The molecule has 14 atom stereocenters. The Morgan fingerprint density at radius 3 is 1.09 bits per heavy atom. The van der Waals surface area contributed by atoms with Crippen LogP contribution in [-0.2, 0) is 104 Å². The van der Waals surface area contributed by atoms with Crippen LogP contribution in [0, 0.1) is 23.2 Å². The van der Waals surface area contributed by atoms with Gasteiger partial charge in [0.1, 0.15) is 78.5 Å². The Hall–Kier alpha value is -12.4. The topological polar surface area (TPSA) is 700 Å². The highest BCUT2D eigenvalue weighted by atomic mass is 16.4. The molecule has 0 unspecified atom stereocenters. The summed E-state index contributed by atoms with van der Waals surface area (Å²) in [4.78, 5) is 259. The lowest BCUT2D eigenvalue weighted by molar-refractivity contribution is -0.140. The van der Waals surface area contributed by atoms with Crippen molar-refractivity contribution in [2.45, 2.75) is 288 Å².